The first-order valence-electron chi connectivity index (χ1n) is 8.27. The number of aromatic nitrogens is 3. The number of carbonyl (C=O) groups excluding carboxylic acids is 1. The molecule has 1 aromatic carbocycles. The molecule has 0 spiro atoms. The highest BCUT2D eigenvalue weighted by molar-refractivity contribution is 5.48. The molecule has 0 saturated carbocycles. The first kappa shape index (κ1) is 16.2. The fourth-order valence-electron chi connectivity index (χ4n) is 2.69. The van der Waals surface area contributed by atoms with Gasteiger partial charge in [-0.15, -0.1) is 5.10 Å². The number of carbonyl (C=O) groups is 1. The molecule has 0 bridgehead atoms. The van der Waals surface area contributed by atoms with Crippen LogP contribution in [0.15, 0.2) is 36.5 Å². The van der Waals surface area contributed by atoms with Gasteiger partial charge >= 0.3 is 0 Å². The van der Waals surface area contributed by atoms with Gasteiger partial charge < -0.3 is 15.1 Å². The van der Waals surface area contributed by atoms with Crippen molar-refractivity contribution in [3.63, 3.8) is 0 Å². The monoisotopic (exact) mass is 326 g/mol. The Morgan fingerprint density at radius 1 is 1.12 bits per heavy atom. The fraction of sp³-hybridized carbons (Fsp3) is 0.412. The summed E-state index contributed by atoms with van der Waals surface area (Å²) in [4.78, 5) is 19.1. The van der Waals surface area contributed by atoms with Crippen LogP contribution in [-0.4, -0.2) is 59.2 Å². The van der Waals surface area contributed by atoms with Crippen molar-refractivity contribution in [1.82, 2.24) is 20.1 Å². The van der Waals surface area contributed by atoms with Crippen LogP contribution in [0.4, 0.5) is 11.8 Å². The van der Waals surface area contributed by atoms with Crippen LogP contribution < -0.4 is 10.2 Å². The molecule has 1 saturated heterocycles. The molecule has 7 heteroatoms. The molecular formula is C17H22N6O. The topological polar surface area (TPSA) is 74.2 Å². The molecule has 1 aliphatic heterocycles. The van der Waals surface area contributed by atoms with Gasteiger partial charge in [-0.3, -0.25) is 4.79 Å². The van der Waals surface area contributed by atoms with Crippen molar-refractivity contribution in [2.45, 2.75) is 12.8 Å². The SMILES string of the molecule is O=CN1CCN(c2nncc(NCCCc3ccccc3)n2)CC1. The second-order valence-electron chi connectivity index (χ2n) is 5.79. The molecule has 126 valence electrons. The van der Waals surface area contributed by atoms with E-state index in [1.165, 1.54) is 5.56 Å². The summed E-state index contributed by atoms with van der Waals surface area (Å²) in [6.45, 7) is 3.70. The number of rotatable bonds is 7. The van der Waals surface area contributed by atoms with Crippen LogP contribution >= 0.6 is 0 Å². The number of aryl methyl sites for hydroxylation is 1. The van der Waals surface area contributed by atoms with Crippen molar-refractivity contribution in [1.29, 1.82) is 0 Å². The molecule has 7 nitrogen and oxygen atoms in total. The van der Waals surface area contributed by atoms with Crippen molar-refractivity contribution in [3.8, 4) is 0 Å². The quantitative estimate of drug-likeness (QED) is 0.609. The Kier molecular flexibility index (Phi) is 5.55. The Balaban J connectivity index is 1.47. The van der Waals surface area contributed by atoms with Gasteiger partial charge in [-0.2, -0.15) is 10.1 Å². The molecule has 0 radical (unpaired) electrons. The molecule has 0 atom stereocenters. The maximum Gasteiger partial charge on any atom is 0.247 e. The highest BCUT2D eigenvalue weighted by atomic mass is 16.1. The molecule has 2 heterocycles. The van der Waals surface area contributed by atoms with Crippen LogP contribution in [0.1, 0.15) is 12.0 Å². The van der Waals surface area contributed by atoms with Crippen LogP contribution in [0.25, 0.3) is 0 Å². The van der Waals surface area contributed by atoms with E-state index in [-0.39, 0.29) is 0 Å². The summed E-state index contributed by atoms with van der Waals surface area (Å²) in [7, 11) is 0. The van der Waals surface area contributed by atoms with Gasteiger partial charge in [0.1, 0.15) is 0 Å². The van der Waals surface area contributed by atoms with E-state index in [1.54, 1.807) is 11.1 Å². The van der Waals surface area contributed by atoms with Crippen LogP contribution in [0, 0.1) is 0 Å². The van der Waals surface area contributed by atoms with Crippen molar-refractivity contribution in [2.75, 3.05) is 42.9 Å². The maximum absolute atomic E-state index is 10.8. The first-order valence-corrected chi connectivity index (χ1v) is 8.27. The van der Waals surface area contributed by atoms with Gasteiger partial charge in [0.15, 0.2) is 5.82 Å². The third kappa shape index (κ3) is 4.41. The Morgan fingerprint density at radius 2 is 1.92 bits per heavy atom. The minimum Gasteiger partial charge on any atom is -0.369 e. The molecule has 1 aromatic heterocycles. The number of hydrogen-bond acceptors (Lipinski definition) is 6. The van der Waals surface area contributed by atoms with E-state index >= 15 is 0 Å². The smallest absolute Gasteiger partial charge is 0.247 e. The third-order valence-corrected chi connectivity index (χ3v) is 4.08. The zero-order valence-corrected chi connectivity index (χ0v) is 13.6. The lowest BCUT2D eigenvalue weighted by Crippen LogP contribution is -2.46. The molecular weight excluding hydrogens is 304 g/mol. The summed E-state index contributed by atoms with van der Waals surface area (Å²) in [5.41, 5.74) is 1.34. The Morgan fingerprint density at radius 3 is 2.67 bits per heavy atom. The summed E-state index contributed by atoms with van der Waals surface area (Å²) >= 11 is 0. The average molecular weight is 326 g/mol. The second kappa shape index (κ2) is 8.24. The highest BCUT2D eigenvalue weighted by Crippen LogP contribution is 2.12. The van der Waals surface area contributed by atoms with Crippen LogP contribution in [0.5, 0.6) is 0 Å². The Bertz CT molecular complexity index is 643. The predicted octanol–water partition coefficient (Wildman–Crippen LogP) is 1.19. The molecule has 24 heavy (non-hydrogen) atoms. The van der Waals surface area contributed by atoms with Gasteiger partial charge in [0.25, 0.3) is 0 Å². The lowest BCUT2D eigenvalue weighted by Gasteiger charge is -2.32. The van der Waals surface area contributed by atoms with Gasteiger partial charge in [0, 0.05) is 32.7 Å². The van der Waals surface area contributed by atoms with Crippen molar-refractivity contribution < 1.29 is 4.79 Å². The first-order chi connectivity index (χ1) is 11.8. The lowest BCUT2D eigenvalue weighted by molar-refractivity contribution is -0.118. The summed E-state index contributed by atoms with van der Waals surface area (Å²) in [5, 5.41) is 11.5. The third-order valence-electron chi connectivity index (χ3n) is 4.08. The molecule has 0 aliphatic carbocycles. The van der Waals surface area contributed by atoms with E-state index in [2.05, 4.69) is 49.7 Å². The fourth-order valence-corrected chi connectivity index (χ4v) is 2.69. The zero-order valence-electron chi connectivity index (χ0n) is 13.6. The number of nitrogens with one attached hydrogen (secondary N) is 1. The molecule has 1 amide bonds. The van der Waals surface area contributed by atoms with Gasteiger partial charge in [-0.1, -0.05) is 30.3 Å². The summed E-state index contributed by atoms with van der Waals surface area (Å²) in [6, 6.07) is 10.4. The van der Waals surface area contributed by atoms with Gasteiger partial charge in [0.2, 0.25) is 12.4 Å². The van der Waals surface area contributed by atoms with E-state index in [4.69, 9.17) is 0 Å². The predicted molar refractivity (Wildman–Crippen MR) is 92.9 cm³/mol. The number of nitrogens with zero attached hydrogens (tertiary/aromatic N) is 5. The number of benzene rings is 1. The highest BCUT2D eigenvalue weighted by Gasteiger charge is 2.18. The van der Waals surface area contributed by atoms with Gasteiger partial charge in [-0.25, -0.2) is 0 Å². The normalized spacial score (nSPS) is 14.5. The summed E-state index contributed by atoms with van der Waals surface area (Å²) in [6.07, 6.45) is 4.60. The molecule has 1 aliphatic rings. The maximum atomic E-state index is 10.8. The van der Waals surface area contributed by atoms with Crippen molar-refractivity contribution in [2.24, 2.45) is 0 Å². The standard InChI is InChI=1S/C17H22N6O/c24-14-22-9-11-23(12-10-22)17-20-16(13-19-21-17)18-8-4-7-15-5-2-1-3-6-15/h1-3,5-6,13-14H,4,7-12H2,(H,18,20,21). The Hall–Kier alpha value is -2.70. The van der Waals surface area contributed by atoms with Crippen LogP contribution in [0.2, 0.25) is 0 Å². The van der Waals surface area contributed by atoms with E-state index in [1.807, 2.05) is 6.07 Å². The molecule has 3 rings (SSSR count). The average Bonchev–Trinajstić information content (AvgIpc) is 2.66. The summed E-state index contributed by atoms with van der Waals surface area (Å²) < 4.78 is 0. The van der Waals surface area contributed by atoms with Crippen molar-refractivity contribution >= 4 is 18.2 Å². The largest absolute Gasteiger partial charge is 0.369 e. The summed E-state index contributed by atoms with van der Waals surface area (Å²) in [5.74, 6) is 1.36. The van der Waals surface area contributed by atoms with Crippen LogP contribution in [-0.2, 0) is 11.2 Å². The molecule has 1 N–H and O–H groups in total. The zero-order chi connectivity index (χ0) is 16.6. The number of anilines is 2. The van der Waals surface area contributed by atoms with Crippen molar-refractivity contribution in [3.05, 3.63) is 42.1 Å². The van der Waals surface area contributed by atoms with E-state index < -0.39 is 0 Å². The molecule has 0 unspecified atom stereocenters. The van der Waals surface area contributed by atoms with Gasteiger partial charge in [-0.05, 0) is 18.4 Å². The van der Waals surface area contributed by atoms with E-state index in [9.17, 15) is 4.79 Å². The number of piperazine rings is 1. The molecule has 2 aromatic rings. The number of hydrogen-bond donors (Lipinski definition) is 1. The van der Waals surface area contributed by atoms with Crippen LogP contribution in [0.3, 0.4) is 0 Å². The lowest BCUT2D eigenvalue weighted by atomic mass is 10.1. The van der Waals surface area contributed by atoms with Gasteiger partial charge in [0.05, 0.1) is 6.20 Å². The van der Waals surface area contributed by atoms with E-state index in [0.717, 1.165) is 44.7 Å². The van der Waals surface area contributed by atoms with E-state index in [0.29, 0.717) is 19.0 Å². The Labute approximate surface area is 141 Å². The minimum absolute atomic E-state index is 0.619. The molecule has 1 fully saturated rings. The minimum atomic E-state index is 0.619. The number of amides is 1. The second-order valence-corrected chi connectivity index (χ2v) is 5.79.